The summed E-state index contributed by atoms with van der Waals surface area (Å²) in [6.45, 7) is 1.01. The first-order valence-corrected chi connectivity index (χ1v) is 7.20. The minimum atomic E-state index is -1.46. The van der Waals surface area contributed by atoms with E-state index in [9.17, 15) is 15.3 Å². The van der Waals surface area contributed by atoms with Gasteiger partial charge in [-0.2, -0.15) is 0 Å². The fourth-order valence-electron chi connectivity index (χ4n) is 1.90. The van der Waals surface area contributed by atoms with Crippen LogP contribution in [-0.4, -0.2) is 97.3 Å². The summed E-state index contributed by atoms with van der Waals surface area (Å²) in [5.41, 5.74) is 8.05. The molecule has 1 aliphatic rings. The number of aliphatic hydroxyl groups excluding tert-OH is 4. The van der Waals surface area contributed by atoms with Gasteiger partial charge in [0.15, 0.2) is 6.29 Å². The molecule has 11 heteroatoms. The molecular weight excluding hydrogens is 314 g/mol. The summed E-state index contributed by atoms with van der Waals surface area (Å²) in [7, 11) is 0. The van der Waals surface area contributed by atoms with Crippen LogP contribution in [0.15, 0.2) is 5.11 Å². The number of ether oxygens (including phenoxy) is 4. The van der Waals surface area contributed by atoms with E-state index in [4.69, 9.17) is 29.6 Å². The molecule has 0 aliphatic carbocycles. The van der Waals surface area contributed by atoms with E-state index in [0.29, 0.717) is 19.8 Å². The first-order valence-electron chi connectivity index (χ1n) is 7.20. The predicted molar refractivity (Wildman–Crippen MR) is 75.4 cm³/mol. The van der Waals surface area contributed by atoms with Crippen molar-refractivity contribution in [1.82, 2.24) is 0 Å². The van der Waals surface area contributed by atoms with Crippen molar-refractivity contribution in [3.05, 3.63) is 10.4 Å². The molecule has 1 rings (SSSR count). The van der Waals surface area contributed by atoms with Crippen LogP contribution in [0.25, 0.3) is 10.4 Å². The van der Waals surface area contributed by atoms with Crippen LogP contribution in [0, 0.1) is 0 Å². The van der Waals surface area contributed by atoms with Gasteiger partial charge in [-0.15, -0.1) is 0 Å². The highest BCUT2D eigenvalue weighted by Crippen LogP contribution is 2.21. The van der Waals surface area contributed by atoms with Crippen LogP contribution in [0.3, 0.4) is 0 Å². The van der Waals surface area contributed by atoms with Crippen molar-refractivity contribution < 1.29 is 39.4 Å². The Morgan fingerprint density at radius 1 is 0.957 bits per heavy atom. The smallest absolute Gasteiger partial charge is 0.186 e. The third kappa shape index (κ3) is 6.96. The van der Waals surface area contributed by atoms with Crippen LogP contribution in [0.5, 0.6) is 0 Å². The Balaban J connectivity index is 2.09. The highest BCUT2D eigenvalue weighted by atomic mass is 16.7. The second-order valence-electron chi connectivity index (χ2n) is 4.75. The molecule has 0 aromatic rings. The number of hydrogen-bond acceptors (Lipinski definition) is 9. The van der Waals surface area contributed by atoms with Crippen LogP contribution < -0.4 is 0 Å². The number of aliphatic hydroxyl groups is 4. The van der Waals surface area contributed by atoms with Gasteiger partial charge in [-0.25, -0.2) is 0 Å². The molecular formula is C12H23N3O8. The van der Waals surface area contributed by atoms with E-state index in [0.717, 1.165) is 0 Å². The van der Waals surface area contributed by atoms with Gasteiger partial charge < -0.3 is 39.4 Å². The lowest BCUT2D eigenvalue weighted by molar-refractivity contribution is -0.302. The number of hydrogen-bond donors (Lipinski definition) is 4. The molecule has 0 aromatic heterocycles. The Morgan fingerprint density at radius 3 is 2.26 bits per heavy atom. The molecule has 0 aromatic carbocycles. The Labute approximate surface area is 133 Å². The Hall–Kier alpha value is -1.01. The van der Waals surface area contributed by atoms with E-state index in [1.807, 2.05) is 0 Å². The lowest BCUT2D eigenvalue weighted by Gasteiger charge is -2.39. The molecule has 1 fully saturated rings. The molecule has 1 heterocycles. The lowest BCUT2D eigenvalue weighted by Crippen LogP contribution is -2.59. The van der Waals surface area contributed by atoms with Gasteiger partial charge in [0.1, 0.15) is 24.4 Å². The van der Waals surface area contributed by atoms with E-state index in [-0.39, 0.29) is 19.8 Å². The van der Waals surface area contributed by atoms with E-state index >= 15 is 0 Å². The van der Waals surface area contributed by atoms with Crippen molar-refractivity contribution in [1.29, 1.82) is 0 Å². The topological polar surface area (TPSA) is 167 Å². The Morgan fingerprint density at radius 2 is 1.61 bits per heavy atom. The second-order valence-corrected chi connectivity index (χ2v) is 4.75. The van der Waals surface area contributed by atoms with E-state index < -0.39 is 37.3 Å². The van der Waals surface area contributed by atoms with Crippen LogP contribution in [-0.2, 0) is 18.9 Å². The molecule has 1 aliphatic heterocycles. The maximum Gasteiger partial charge on any atom is 0.186 e. The maximum atomic E-state index is 9.73. The van der Waals surface area contributed by atoms with Gasteiger partial charge in [-0.3, -0.25) is 0 Å². The van der Waals surface area contributed by atoms with Gasteiger partial charge in [0.05, 0.1) is 39.6 Å². The summed E-state index contributed by atoms with van der Waals surface area (Å²) < 4.78 is 20.7. The van der Waals surface area contributed by atoms with Crippen molar-refractivity contribution in [3.8, 4) is 0 Å². The highest BCUT2D eigenvalue weighted by molar-refractivity contribution is 4.88. The third-order valence-corrected chi connectivity index (χ3v) is 3.13. The summed E-state index contributed by atoms with van der Waals surface area (Å²) in [5, 5.41) is 41.2. The summed E-state index contributed by atoms with van der Waals surface area (Å²) in [6, 6.07) is 0. The van der Waals surface area contributed by atoms with Crippen molar-refractivity contribution in [2.45, 2.75) is 30.7 Å². The molecule has 4 N–H and O–H groups in total. The average molecular weight is 337 g/mol. The van der Waals surface area contributed by atoms with Crippen molar-refractivity contribution >= 4 is 0 Å². The van der Waals surface area contributed by atoms with Gasteiger partial charge in [-0.05, 0) is 5.53 Å². The molecule has 134 valence electrons. The molecule has 0 radical (unpaired) electrons. The van der Waals surface area contributed by atoms with Crippen molar-refractivity contribution in [3.63, 3.8) is 0 Å². The molecule has 0 spiro atoms. The zero-order chi connectivity index (χ0) is 17.1. The molecule has 3 unspecified atom stereocenters. The summed E-state index contributed by atoms with van der Waals surface area (Å²) in [6.07, 6.45) is -6.44. The predicted octanol–water partition coefficient (Wildman–Crippen LogP) is -1.85. The highest BCUT2D eigenvalue weighted by Gasteiger charge is 2.43. The quantitative estimate of drug-likeness (QED) is 0.147. The molecule has 0 bridgehead atoms. The molecule has 11 nitrogen and oxygen atoms in total. The minimum absolute atomic E-state index is 0.0847. The zero-order valence-corrected chi connectivity index (χ0v) is 12.6. The molecule has 0 saturated carbocycles. The largest absolute Gasteiger partial charge is 0.394 e. The number of rotatable bonds is 11. The molecule has 5 atom stereocenters. The molecule has 1 saturated heterocycles. The Kier molecular flexibility index (Phi) is 10.0. The van der Waals surface area contributed by atoms with Gasteiger partial charge in [0.25, 0.3) is 0 Å². The summed E-state index contributed by atoms with van der Waals surface area (Å²) >= 11 is 0. The Bertz CT molecular complexity index is 366. The van der Waals surface area contributed by atoms with Gasteiger partial charge in [-0.1, -0.05) is 5.11 Å². The standard InChI is InChI=1S/C12H23N3O8/c13-15-14-1-2-20-3-4-21-5-6-22-12-11(19)10(18)9(17)8(7-16)23-12/h8-12,16-19H,1-7H2/t8?,9-,10-,11?,12?/m0/s1. The normalized spacial score (nSPS) is 30.9. The second kappa shape index (κ2) is 11.5. The number of nitrogens with zero attached hydrogens (tertiary/aromatic N) is 3. The fraction of sp³-hybridized carbons (Fsp3) is 1.00. The van der Waals surface area contributed by atoms with Gasteiger partial charge in [0, 0.05) is 11.5 Å². The van der Waals surface area contributed by atoms with Gasteiger partial charge in [0.2, 0.25) is 0 Å². The fourth-order valence-corrected chi connectivity index (χ4v) is 1.90. The van der Waals surface area contributed by atoms with Crippen LogP contribution in [0.2, 0.25) is 0 Å². The maximum absolute atomic E-state index is 9.73. The van der Waals surface area contributed by atoms with Crippen molar-refractivity contribution in [2.24, 2.45) is 5.11 Å². The first kappa shape index (κ1) is 20.0. The average Bonchev–Trinajstić information content (AvgIpc) is 2.56. The number of azide groups is 1. The van der Waals surface area contributed by atoms with Crippen molar-refractivity contribution in [2.75, 3.05) is 46.2 Å². The summed E-state index contributed by atoms with van der Waals surface area (Å²) in [5.74, 6) is 0. The van der Waals surface area contributed by atoms with Gasteiger partial charge >= 0.3 is 0 Å². The lowest BCUT2D eigenvalue weighted by atomic mass is 9.99. The molecule has 0 amide bonds. The monoisotopic (exact) mass is 337 g/mol. The summed E-state index contributed by atoms with van der Waals surface area (Å²) in [4.78, 5) is 2.58. The van der Waals surface area contributed by atoms with Crippen LogP contribution in [0.4, 0.5) is 0 Å². The third-order valence-electron chi connectivity index (χ3n) is 3.13. The SMILES string of the molecule is [N-]=[N+]=NCCOCCOCCOC1OC(CO)[C@H](O)[C@H](O)C1O. The molecule has 23 heavy (non-hydrogen) atoms. The van der Waals surface area contributed by atoms with Crippen LogP contribution >= 0.6 is 0 Å². The minimum Gasteiger partial charge on any atom is -0.394 e. The van der Waals surface area contributed by atoms with E-state index in [2.05, 4.69) is 10.0 Å². The first-order chi connectivity index (χ1) is 11.1. The zero-order valence-electron chi connectivity index (χ0n) is 12.6. The van der Waals surface area contributed by atoms with Crippen LogP contribution in [0.1, 0.15) is 0 Å². The van der Waals surface area contributed by atoms with E-state index in [1.165, 1.54) is 0 Å². The van der Waals surface area contributed by atoms with E-state index in [1.54, 1.807) is 0 Å².